The molecule has 2 fully saturated rings. The standard InChI is InChI=1S/C23H23ClF3N3O7S/c24-19-4-3-18(38-19)21(32)28-10-15-11-30(22(33)37-15)16-2-1-14(29-5-6-34-12-20(29)31)9-17(16)36-8-7-35-13-23(25,26)27/h1-4,9,15H,5-8,10-13H2,(H,28,32)/t15-/m0/s1. The van der Waals surface area contributed by atoms with E-state index in [0.717, 1.165) is 11.3 Å². The molecule has 2 aliphatic heterocycles. The minimum atomic E-state index is -4.47. The molecule has 2 aliphatic rings. The lowest BCUT2D eigenvalue weighted by molar-refractivity contribution is -0.175. The molecule has 1 aromatic carbocycles. The topological polar surface area (TPSA) is 107 Å². The van der Waals surface area contributed by atoms with Crippen LogP contribution in [0.5, 0.6) is 5.75 Å². The second-order valence-electron chi connectivity index (χ2n) is 8.20. The lowest BCUT2D eigenvalue weighted by Crippen LogP contribution is -2.41. The summed E-state index contributed by atoms with van der Waals surface area (Å²) in [6.07, 6.45) is -5.84. The molecule has 4 rings (SSSR count). The number of nitrogens with one attached hydrogen (secondary N) is 1. The van der Waals surface area contributed by atoms with Crippen molar-refractivity contribution in [3.8, 4) is 5.75 Å². The summed E-state index contributed by atoms with van der Waals surface area (Å²) >= 11 is 6.97. The summed E-state index contributed by atoms with van der Waals surface area (Å²) < 4.78 is 58.3. The van der Waals surface area contributed by atoms with Crippen molar-refractivity contribution < 1.29 is 46.5 Å². The largest absolute Gasteiger partial charge is 0.489 e. The Morgan fingerprint density at radius 1 is 1.18 bits per heavy atom. The number of alkyl halides is 3. The van der Waals surface area contributed by atoms with Crippen LogP contribution in [0.3, 0.4) is 0 Å². The summed E-state index contributed by atoms with van der Waals surface area (Å²) in [6, 6.07) is 7.87. The molecule has 1 aromatic heterocycles. The molecule has 1 atom stereocenters. The number of morpholine rings is 1. The number of benzene rings is 1. The van der Waals surface area contributed by atoms with Gasteiger partial charge < -0.3 is 29.2 Å². The number of amides is 3. The number of carbonyl (C=O) groups excluding carboxylic acids is 3. The molecular formula is C23H23ClF3N3O7S. The van der Waals surface area contributed by atoms with Gasteiger partial charge in [-0.3, -0.25) is 14.5 Å². The third-order valence-electron chi connectivity index (χ3n) is 5.44. The molecule has 0 bridgehead atoms. The highest BCUT2D eigenvalue weighted by atomic mass is 35.5. The van der Waals surface area contributed by atoms with Gasteiger partial charge in [0.1, 0.15) is 31.7 Å². The maximum Gasteiger partial charge on any atom is 0.414 e. The zero-order chi connectivity index (χ0) is 27.3. The van der Waals surface area contributed by atoms with Crippen molar-refractivity contribution in [3.63, 3.8) is 0 Å². The van der Waals surface area contributed by atoms with Gasteiger partial charge in [0.15, 0.2) is 0 Å². The Hall–Kier alpha value is -3.07. The number of halogens is 4. The van der Waals surface area contributed by atoms with Gasteiger partial charge in [0.2, 0.25) is 0 Å². The zero-order valence-electron chi connectivity index (χ0n) is 19.8. The molecule has 2 aromatic rings. The number of cyclic esters (lactones) is 1. The van der Waals surface area contributed by atoms with Crippen molar-refractivity contribution in [2.24, 2.45) is 0 Å². The first-order valence-corrected chi connectivity index (χ1v) is 12.6. The Kier molecular flexibility index (Phi) is 8.97. The van der Waals surface area contributed by atoms with Crippen molar-refractivity contribution in [3.05, 3.63) is 39.5 Å². The fraction of sp³-hybridized carbons (Fsp3) is 0.435. The van der Waals surface area contributed by atoms with Crippen molar-refractivity contribution in [1.82, 2.24) is 5.32 Å². The molecule has 38 heavy (non-hydrogen) atoms. The number of hydrogen-bond donors (Lipinski definition) is 1. The van der Waals surface area contributed by atoms with E-state index in [1.54, 1.807) is 24.3 Å². The summed E-state index contributed by atoms with van der Waals surface area (Å²) in [5.41, 5.74) is 0.758. The van der Waals surface area contributed by atoms with Crippen LogP contribution in [0.2, 0.25) is 4.34 Å². The Bertz CT molecular complexity index is 1180. The normalized spacial score (nSPS) is 18.1. The molecule has 0 aliphatic carbocycles. The number of hydrogen-bond acceptors (Lipinski definition) is 8. The fourth-order valence-electron chi connectivity index (χ4n) is 3.75. The lowest BCUT2D eigenvalue weighted by atomic mass is 10.2. The summed E-state index contributed by atoms with van der Waals surface area (Å²) in [5, 5.41) is 2.69. The van der Waals surface area contributed by atoms with Gasteiger partial charge in [-0.2, -0.15) is 13.2 Å². The van der Waals surface area contributed by atoms with Gasteiger partial charge in [0.25, 0.3) is 11.8 Å². The molecule has 10 nitrogen and oxygen atoms in total. The quantitative estimate of drug-likeness (QED) is 0.431. The van der Waals surface area contributed by atoms with E-state index in [4.69, 9.17) is 25.8 Å². The molecule has 3 amide bonds. The van der Waals surface area contributed by atoms with E-state index in [9.17, 15) is 27.6 Å². The van der Waals surface area contributed by atoms with Crippen LogP contribution in [0.15, 0.2) is 30.3 Å². The highest BCUT2D eigenvalue weighted by Gasteiger charge is 2.35. The van der Waals surface area contributed by atoms with Crippen LogP contribution in [0.25, 0.3) is 0 Å². The van der Waals surface area contributed by atoms with Gasteiger partial charge in [-0.15, -0.1) is 11.3 Å². The lowest BCUT2D eigenvalue weighted by Gasteiger charge is -2.28. The van der Waals surface area contributed by atoms with Gasteiger partial charge >= 0.3 is 12.3 Å². The average molecular weight is 578 g/mol. The highest BCUT2D eigenvalue weighted by molar-refractivity contribution is 7.18. The summed E-state index contributed by atoms with van der Waals surface area (Å²) in [4.78, 5) is 40.4. The van der Waals surface area contributed by atoms with Crippen LogP contribution in [0.1, 0.15) is 9.67 Å². The van der Waals surface area contributed by atoms with E-state index in [2.05, 4.69) is 10.1 Å². The van der Waals surface area contributed by atoms with Gasteiger partial charge in [0.05, 0.1) is 41.2 Å². The summed E-state index contributed by atoms with van der Waals surface area (Å²) in [6.45, 7) is -1.37. The predicted molar refractivity (Wildman–Crippen MR) is 131 cm³/mol. The van der Waals surface area contributed by atoms with Crippen LogP contribution in [0, 0.1) is 0 Å². The van der Waals surface area contributed by atoms with Gasteiger partial charge in [-0.1, -0.05) is 11.6 Å². The number of thiophene rings is 1. The minimum Gasteiger partial charge on any atom is -0.489 e. The third kappa shape index (κ3) is 7.28. The number of ether oxygens (including phenoxy) is 4. The minimum absolute atomic E-state index is 0.0401. The number of rotatable bonds is 10. The smallest absolute Gasteiger partial charge is 0.414 e. The second-order valence-corrected chi connectivity index (χ2v) is 9.91. The summed E-state index contributed by atoms with van der Waals surface area (Å²) in [5.74, 6) is -0.488. The van der Waals surface area contributed by atoms with Crippen LogP contribution >= 0.6 is 22.9 Å². The SMILES string of the molecule is O=C(NC[C@H]1CN(c2ccc(N3CCOCC3=O)cc2OCCOCC(F)(F)F)C(=O)O1)c1ccc(Cl)s1. The van der Waals surface area contributed by atoms with Crippen molar-refractivity contribution in [2.45, 2.75) is 12.3 Å². The Morgan fingerprint density at radius 3 is 2.71 bits per heavy atom. The molecule has 0 radical (unpaired) electrons. The second kappa shape index (κ2) is 12.2. The van der Waals surface area contributed by atoms with Crippen molar-refractivity contribution >= 4 is 52.2 Å². The van der Waals surface area contributed by atoms with Crippen LogP contribution in [-0.4, -0.2) is 82.9 Å². The van der Waals surface area contributed by atoms with E-state index >= 15 is 0 Å². The Labute approximate surface area is 224 Å². The molecular weight excluding hydrogens is 555 g/mol. The van der Waals surface area contributed by atoms with Crippen LogP contribution < -0.4 is 19.9 Å². The number of carbonyl (C=O) groups is 3. The number of nitrogens with zero attached hydrogens (tertiary/aromatic N) is 2. The molecule has 0 saturated carbocycles. The molecule has 0 spiro atoms. The maximum absolute atomic E-state index is 12.7. The van der Waals surface area contributed by atoms with Crippen molar-refractivity contribution in [1.29, 1.82) is 0 Å². The van der Waals surface area contributed by atoms with Crippen LogP contribution in [-0.2, 0) is 19.0 Å². The average Bonchev–Trinajstić information content (AvgIpc) is 3.47. The first kappa shape index (κ1) is 28.0. The first-order valence-electron chi connectivity index (χ1n) is 11.4. The van der Waals surface area contributed by atoms with E-state index in [0.29, 0.717) is 28.1 Å². The van der Waals surface area contributed by atoms with E-state index in [1.807, 2.05) is 0 Å². The van der Waals surface area contributed by atoms with Gasteiger partial charge in [-0.05, 0) is 24.3 Å². The zero-order valence-corrected chi connectivity index (χ0v) is 21.4. The Morgan fingerprint density at radius 2 is 2.00 bits per heavy atom. The van der Waals surface area contributed by atoms with Gasteiger partial charge in [0, 0.05) is 18.3 Å². The third-order valence-corrected chi connectivity index (χ3v) is 6.67. The Balaban J connectivity index is 1.45. The van der Waals surface area contributed by atoms with Gasteiger partial charge in [-0.25, -0.2) is 4.79 Å². The van der Waals surface area contributed by atoms with E-state index in [-0.39, 0.29) is 56.2 Å². The van der Waals surface area contributed by atoms with Crippen LogP contribution in [0.4, 0.5) is 29.3 Å². The maximum atomic E-state index is 12.7. The monoisotopic (exact) mass is 577 g/mol. The highest BCUT2D eigenvalue weighted by Crippen LogP contribution is 2.36. The molecule has 3 heterocycles. The molecule has 0 unspecified atom stereocenters. The first-order chi connectivity index (χ1) is 18.1. The molecule has 15 heteroatoms. The van der Waals surface area contributed by atoms with E-state index < -0.39 is 25.0 Å². The summed E-state index contributed by atoms with van der Waals surface area (Å²) in [7, 11) is 0. The fourth-order valence-corrected chi connectivity index (χ4v) is 4.71. The molecule has 206 valence electrons. The van der Waals surface area contributed by atoms with E-state index in [1.165, 1.54) is 15.9 Å². The predicted octanol–water partition coefficient (Wildman–Crippen LogP) is 3.48. The molecule has 1 N–H and O–H groups in total. The molecule has 2 saturated heterocycles. The van der Waals surface area contributed by atoms with Crippen molar-refractivity contribution in [2.75, 3.05) is 62.5 Å². The number of anilines is 2.